The highest BCUT2D eigenvalue weighted by Crippen LogP contribution is 2.13. The molecule has 0 spiro atoms. The topological polar surface area (TPSA) is 0 Å². The van der Waals surface area contributed by atoms with Crippen molar-refractivity contribution in [3.8, 4) is 0 Å². The molecule has 0 saturated carbocycles. The molecule has 1 heteroatoms. The Morgan fingerprint density at radius 2 is 1.73 bits per heavy atom. The van der Waals surface area contributed by atoms with Crippen LogP contribution >= 0.6 is 15.9 Å². The Morgan fingerprint density at radius 3 is 2.09 bits per heavy atom. The lowest BCUT2D eigenvalue weighted by Gasteiger charge is -2.03. The van der Waals surface area contributed by atoms with Gasteiger partial charge in [0.05, 0.1) is 0 Å². The number of allylic oxidation sites excluding steroid dienone is 4. The molecule has 0 aliphatic heterocycles. The lowest BCUT2D eigenvalue weighted by molar-refractivity contribution is 1.06. The maximum atomic E-state index is 3.38. The zero-order valence-electron chi connectivity index (χ0n) is 7.87. The second kappa shape index (κ2) is 5.59. The Bertz CT molecular complexity index is 171. The van der Waals surface area contributed by atoms with Gasteiger partial charge < -0.3 is 0 Å². The van der Waals surface area contributed by atoms with Crippen molar-refractivity contribution in [2.24, 2.45) is 0 Å². The second-order valence-electron chi connectivity index (χ2n) is 3.16. The minimum Gasteiger partial charge on any atom is -0.0883 e. The van der Waals surface area contributed by atoms with Gasteiger partial charge in [0.1, 0.15) is 0 Å². The van der Waals surface area contributed by atoms with E-state index in [1.54, 1.807) is 0 Å². The third-order valence-electron chi connectivity index (χ3n) is 1.82. The van der Waals surface area contributed by atoms with E-state index in [0.29, 0.717) is 0 Å². The van der Waals surface area contributed by atoms with Gasteiger partial charge in [0.2, 0.25) is 0 Å². The number of alkyl halides is 1. The van der Waals surface area contributed by atoms with E-state index in [9.17, 15) is 0 Å². The molecule has 0 N–H and O–H groups in total. The van der Waals surface area contributed by atoms with Crippen molar-refractivity contribution in [2.45, 2.75) is 34.1 Å². The van der Waals surface area contributed by atoms with Gasteiger partial charge in [0.25, 0.3) is 0 Å². The molecule has 0 aliphatic rings. The maximum absolute atomic E-state index is 3.38. The molecule has 0 atom stereocenters. The lowest BCUT2D eigenvalue weighted by Crippen LogP contribution is -1.83. The maximum Gasteiger partial charge on any atom is 0.0214 e. The molecule has 0 saturated heterocycles. The summed E-state index contributed by atoms with van der Waals surface area (Å²) < 4.78 is 0. The fraction of sp³-hybridized carbons (Fsp3) is 0.600. The molecule has 64 valence electrons. The highest BCUT2D eigenvalue weighted by Gasteiger charge is 1.93. The summed E-state index contributed by atoms with van der Waals surface area (Å²) in [5.41, 5.74) is 4.37. The summed E-state index contributed by atoms with van der Waals surface area (Å²) in [5.74, 6) is 0. The summed E-state index contributed by atoms with van der Waals surface area (Å²) in [6.45, 7) is 8.70. The molecule has 0 aromatic rings. The third kappa shape index (κ3) is 5.25. The zero-order chi connectivity index (χ0) is 8.85. The van der Waals surface area contributed by atoms with Crippen LogP contribution in [0.2, 0.25) is 0 Å². The number of rotatable bonds is 3. The van der Waals surface area contributed by atoms with E-state index in [0.717, 1.165) is 11.8 Å². The summed E-state index contributed by atoms with van der Waals surface area (Å²) in [5, 5.41) is 0.967. The molecule has 0 bridgehead atoms. The molecule has 0 amide bonds. The SMILES string of the molecule is CC(C)=C(C)C/C(C)=C/CBr. The van der Waals surface area contributed by atoms with E-state index in [-0.39, 0.29) is 0 Å². The van der Waals surface area contributed by atoms with Crippen LogP contribution in [0, 0.1) is 0 Å². The van der Waals surface area contributed by atoms with E-state index < -0.39 is 0 Å². The average molecular weight is 217 g/mol. The van der Waals surface area contributed by atoms with Gasteiger partial charge in [-0.05, 0) is 34.1 Å². The average Bonchev–Trinajstić information content (AvgIpc) is 1.87. The van der Waals surface area contributed by atoms with E-state index >= 15 is 0 Å². The number of hydrogen-bond donors (Lipinski definition) is 0. The van der Waals surface area contributed by atoms with Gasteiger partial charge >= 0.3 is 0 Å². The first kappa shape index (κ1) is 11.0. The Kier molecular flexibility index (Phi) is 5.57. The molecule has 0 radical (unpaired) electrons. The smallest absolute Gasteiger partial charge is 0.0214 e. The Hall–Kier alpha value is -0.0400. The monoisotopic (exact) mass is 216 g/mol. The summed E-state index contributed by atoms with van der Waals surface area (Å²) in [4.78, 5) is 0. The molecule has 0 unspecified atom stereocenters. The van der Waals surface area contributed by atoms with Crippen LogP contribution < -0.4 is 0 Å². The van der Waals surface area contributed by atoms with E-state index in [1.165, 1.54) is 16.7 Å². The van der Waals surface area contributed by atoms with Crippen molar-refractivity contribution in [3.05, 3.63) is 22.8 Å². The van der Waals surface area contributed by atoms with Crippen LogP contribution in [0.15, 0.2) is 22.8 Å². The van der Waals surface area contributed by atoms with Crippen molar-refractivity contribution in [2.75, 3.05) is 5.33 Å². The van der Waals surface area contributed by atoms with Crippen LogP contribution in [0.3, 0.4) is 0 Å². The highest BCUT2D eigenvalue weighted by molar-refractivity contribution is 9.09. The first-order valence-electron chi connectivity index (χ1n) is 3.92. The highest BCUT2D eigenvalue weighted by atomic mass is 79.9. The van der Waals surface area contributed by atoms with Crippen molar-refractivity contribution in [1.29, 1.82) is 0 Å². The lowest BCUT2D eigenvalue weighted by atomic mass is 10.0. The summed E-state index contributed by atoms with van der Waals surface area (Å²) >= 11 is 3.38. The molecule has 0 rings (SSSR count). The van der Waals surface area contributed by atoms with Crippen LogP contribution in [-0.4, -0.2) is 5.33 Å². The van der Waals surface area contributed by atoms with E-state index in [4.69, 9.17) is 0 Å². The third-order valence-corrected chi connectivity index (χ3v) is 2.15. The number of halogens is 1. The van der Waals surface area contributed by atoms with Crippen LogP contribution in [0.4, 0.5) is 0 Å². The molecule has 0 fully saturated rings. The number of hydrogen-bond acceptors (Lipinski definition) is 0. The van der Waals surface area contributed by atoms with Gasteiger partial charge in [0.15, 0.2) is 0 Å². The fourth-order valence-corrected chi connectivity index (χ4v) is 1.35. The molecule has 0 aromatic heterocycles. The van der Waals surface area contributed by atoms with Crippen LogP contribution in [0.25, 0.3) is 0 Å². The van der Waals surface area contributed by atoms with E-state index in [1.807, 2.05) is 0 Å². The molecule has 11 heavy (non-hydrogen) atoms. The quantitative estimate of drug-likeness (QED) is 0.493. The standard InChI is InChI=1S/C10H17Br/c1-8(2)10(4)7-9(3)5-6-11/h5H,6-7H2,1-4H3/b9-5+. The van der Waals surface area contributed by atoms with Crippen LogP contribution in [0.5, 0.6) is 0 Å². The van der Waals surface area contributed by atoms with Gasteiger partial charge in [-0.15, -0.1) is 0 Å². The normalized spacial score (nSPS) is 11.5. The fourth-order valence-electron chi connectivity index (χ4n) is 0.799. The Balaban J connectivity index is 4.06. The van der Waals surface area contributed by atoms with Crippen molar-refractivity contribution < 1.29 is 0 Å². The molecular weight excluding hydrogens is 200 g/mol. The second-order valence-corrected chi connectivity index (χ2v) is 3.81. The Labute approximate surface area is 78.5 Å². The Morgan fingerprint density at radius 1 is 1.18 bits per heavy atom. The molecule has 0 aliphatic carbocycles. The van der Waals surface area contributed by atoms with Gasteiger partial charge in [0, 0.05) is 5.33 Å². The van der Waals surface area contributed by atoms with Crippen LogP contribution in [0.1, 0.15) is 34.1 Å². The summed E-state index contributed by atoms with van der Waals surface area (Å²) in [6, 6.07) is 0. The first-order chi connectivity index (χ1) is 5.07. The molecular formula is C10H17Br. The minimum absolute atomic E-state index is 0.967. The predicted octanol–water partition coefficient (Wildman–Crippen LogP) is 4.07. The minimum atomic E-state index is 0.967. The largest absolute Gasteiger partial charge is 0.0883 e. The van der Waals surface area contributed by atoms with Crippen molar-refractivity contribution in [1.82, 2.24) is 0 Å². The zero-order valence-corrected chi connectivity index (χ0v) is 9.46. The van der Waals surface area contributed by atoms with Crippen LogP contribution in [-0.2, 0) is 0 Å². The summed E-state index contributed by atoms with van der Waals surface area (Å²) in [7, 11) is 0. The van der Waals surface area contributed by atoms with Crippen molar-refractivity contribution in [3.63, 3.8) is 0 Å². The van der Waals surface area contributed by atoms with Gasteiger partial charge in [-0.2, -0.15) is 0 Å². The van der Waals surface area contributed by atoms with E-state index in [2.05, 4.69) is 49.7 Å². The molecule has 0 nitrogen and oxygen atoms in total. The van der Waals surface area contributed by atoms with Gasteiger partial charge in [-0.25, -0.2) is 0 Å². The van der Waals surface area contributed by atoms with Gasteiger partial charge in [-0.1, -0.05) is 38.7 Å². The predicted molar refractivity (Wildman–Crippen MR) is 56.2 cm³/mol. The first-order valence-corrected chi connectivity index (χ1v) is 5.04. The van der Waals surface area contributed by atoms with Crippen molar-refractivity contribution >= 4 is 15.9 Å². The summed E-state index contributed by atoms with van der Waals surface area (Å²) in [6.07, 6.45) is 3.33. The van der Waals surface area contributed by atoms with Gasteiger partial charge in [-0.3, -0.25) is 0 Å². The molecule has 0 heterocycles. The molecule has 0 aromatic carbocycles.